The van der Waals surface area contributed by atoms with Crippen LogP contribution in [0.2, 0.25) is 5.02 Å². The van der Waals surface area contributed by atoms with Crippen LogP contribution in [0.5, 0.6) is 5.75 Å². The number of carbonyl (C=O) groups is 2. The van der Waals surface area contributed by atoms with Gasteiger partial charge in [-0.05, 0) is 49.2 Å². The molecule has 2 aromatic rings. The summed E-state index contributed by atoms with van der Waals surface area (Å²) in [7, 11) is 1.55. The van der Waals surface area contributed by atoms with Crippen LogP contribution in [0.4, 0.5) is 11.4 Å². The van der Waals surface area contributed by atoms with E-state index < -0.39 is 0 Å². The summed E-state index contributed by atoms with van der Waals surface area (Å²) in [6, 6.07) is 12.2. The van der Waals surface area contributed by atoms with Gasteiger partial charge >= 0.3 is 0 Å². The molecule has 0 unspecified atom stereocenters. The molecule has 0 saturated carbocycles. The number of ether oxygens (including phenoxy) is 1. The predicted octanol–water partition coefficient (Wildman–Crippen LogP) is 4.66. The van der Waals surface area contributed by atoms with Crippen molar-refractivity contribution >= 4 is 34.8 Å². The number of rotatable bonds is 10. The van der Waals surface area contributed by atoms with Crippen LogP contribution in [0, 0.1) is 0 Å². The molecule has 0 aliphatic heterocycles. The molecule has 2 N–H and O–H groups in total. The molecule has 2 aromatic carbocycles. The number of nitrogens with zero attached hydrogens (tertiary/aromatic N) is 1. The number of benzene rings is 2. The monoisotopic (exact) mass is 417 g/mol. The first kappa shape index (κ1) is 22.6. The third-order valence-electron chi connectivity index (χ3n) is 4.27. The van der Waals surface area contributed by atoms with E-state index in [9.17, 15) is 9.59 Å². The Hall–Kier alpha value is -2.73. The summed E-state index contributed by atoms with van der Waals surface area (Å²) in [5.41, 5.74) is 1.87. The fourth-order valence-corrected chi connectivity index (χ4v) is 3.19. The van der Waals surface area contributed by atoms with Crippen molar-refractivity contribution in [1.29, 1.82) is 0 Å². The lowest BCUT2D eigenvalue weighted by atomic mass is 10.1. The Labute approximate surface area is 177 Å². The van der Waals surface area contributed by atoms with Crippen LogP contribution in [-0.2, 0) is 4.79 Å². The number of halogens is 1. The molecular weight excluding hydrogens is 390 g/mol. The summed E-state index contributed by atoms with van der Waals surface area (Å²) < 4.78 is 5.11. The van der Waals surface area contributed by atoms with E-state index in [1.807, 2.05) is 4.90 Å². The van der Waals surface area contributed by atoms with Gasteiger partial charge in [0.15, 0.2) is 0 Å². The van der Waals surface area contributed by atoms with E-state index in [4.69, 9.17) is 16.3 Å². The molecule has 0 aromatic heterocycles. The van der Waals surface area contributed by atoms with Gasteiger partial charge in [-0.3, -0.25) is 9.59 Å². The highest BCUT2D eigenvalue weighted by atomic mass is 35.5. The zero-order chi connectivity index (χ0) is 21.2. The SMILES string of the molecule is CCCN(CCC)C(=O)c1cccc(NC(=O)CNc2ccc(OC)c(Cl)c2)c1. The van der Waals surface area contributed by atoms with E-state index in [0.717, 1.165) is 25.9 Å². The van der Waals surface area contributed by atoms with Crippen LogP contribution in [0.25, 0.3) is 0 Å². The molecule has 0 radical (unpaired) electrons. The van der Waals surface area contributed by atoms with Gasteiger partial charge in [0.05, 0.1) is 18.7 Å². The minimum absolute atomic E-state index is 0.0178. The lowest BCUT2D eigenvalue weighted by molar-refractivity contribution is -0.114. The maximum atomic E-state index is 12.7. The molecule has 7 heteroatoms. The molecule has 0 aliphatic carbocycles. The highest BCUT2D eigenvalue weighted by Gasteiger charge is 2.15. The van der Waals surface area contributed by atoms with Gasteiger partial charge in [-0.2, -0.15) is 0 Å². The van der Waals surface area contributed by atoms with E-state index in [-0.39, 0.29) is 18.4 Å². The Morgan fingerprint density at radius 2 is 1.76 bits per heavy atom. The number of methoxy groups -OCH3 is 1. The van der Waals surface area contributed by atoms with E-state index in [1.54, 1.807) is 49.6 Å². The molecule has 0 saturated heterocycles. The Morgan fingerprint density at radius 3 is 2.38 bits per heavy atom. The fourth-order valence-electron chi connectivity index (χ4n) is 2.93. The lowest BCUT2D eigenvalue weighted by Crippen LogP contribution is -2.32. The summed E-state index contributed by atoms with van der Waals surface area (Å²) in [5.74, 6) is 0.333. The Morgan fingerprint density at radius 1 is 1.03 bits per heavy atom. The van der Waals surface area contributed by atoms with Gasteiger partial charge < -0.3 is 20.3 Å². The zero-order valence-corrected chi connectivity index (χ0v) is 17.9. The topological polar surface area (TPSA) is 70.7 Å². The van der Waals surface area contributed by atoms with Crippen molar-refractivity contribution in [3.8, 4) is 5.75 Å². The highest BCUT2D eigenvalue weighted by Crippen LogP contribution is 2.27. The van der Waals surface area contributed by atoms with Gasteiger partial charge in [-0.25, -0.2) is 0 Å². The van der Waals surface area contributed by atoms with Gasteiger partial charge in [0.2, 0.25) is 5.91 Å². The van der Waals surface area contributed by atoms with E-state index in [1.165, 1.54) is 0 Å². The molecular formula is C22H28ClN3O3. The van der Waals surface area contributed by atoms with Crippen LogP contribution in [0.3, 0.4) is 0 Å². The molecule has 0 spiro atoms. The van der Waals surface area contributed by atoms with Crippen LogP contribution >= 0.6 is 11.6 Å². The average molecular weight is 418 g/mol. The molecule has 156 valence electrons. The normalized spacial score (nSPS) is 10.3. The number of hydrogen-bond donors (Lipinski definition) is 2. The molecule has 2 rings (SSSR count). The third-order valence-corrected chi connectivity index (χ3v) is 4.57. The van der Waals surface area contributed by atoms with E-state index in [0.29, 0.717) is 27.7 Å². The minimum Gasteiger partial charge on any atom is -0.495 e. The van der Waals surface area contributed by atoms with Gasteiger partial charge in [-0.15, -0.1) is 0 Å². The second-order valence-corrected chi connectivity index (χ2v) is 7.03. The van der Waals surface area contributed by atoms with Crippen molar-refractivity contribution in [2.24, 2.45) is 0 Å². The second-order valence-electron chi connectivity index (χ2n) is 6.62. The summed E-state index contributed by atoms with van der Waals surface area (Å²) in [5, 5.41) is 6.30. The van der Waals surface area contributed by atoms with Crippen molar-refractivity contribution < 1.29 is 14.3 Å². The molecule has 29 heavy (non-hydrogen) atoms. The smallest absolute Gasteiger partial charge is 0.253 e. The Bertz CT molecular complexity index is 836. The predicted molar refractivity (Wildman–Crippen MR) is 118 cm³/mol. The maximum Gasteiger partial charge on any atom is 0.253 e. The largest absolute Gasteiger partial charge is 0.495 e. The summed E-state index contributed by atoms with van der Waals surface area (Å²) in [4.78, 5) is 26.9. The molecule has 0 bridgehead atoms. The minimum atomic E-state index is -0.222. The van der Waals surface area contributed by atoms with Gasteiger partial charge in [-0.1, -0.05) is 31.5 Å². The number of anilines is 2. The number of nitrogens with one attached hydrogen (secondary N) is 2. The standard InChI is InChI=1S/C22H28ClN3O3/c1-4-11-26(12-5-2)22(28)16-7-6-8-18(13-16)25-21(27)15-24-17-9-10-20(29-3)19(23)14-17/h6-10,13-14,24H,4-5,11-12,15H2,1-3H3,(H,25,27). The van der Waals surface area contributed by atoms with Crippen LogP contribution in [-0.4, -0.2) is 43.5 Å². The van der Waals surface area contributed by atoms with Crippen molar-refractivity contribution in [2.75, 3.05) is 37.4 Å². The Balaban J connectivity index is 1.97. The molecule has 0 aliphatic rings. The summed E-state index contributed by atoms with van der Waals surface area (Å²) >= 11 is 6.09. The first-order valence-electron chi connectivity index (χ1n) is 9.75. The highest BCUT2D eigenvalue weighted by molar-refractivity contribution is 6.32. The quantitative estimate of drug-likeness (QED) is 0.589. The lowest BCUT2D eigenvalue weighted by Gasteiger charge is -2.21. The maximum absolute atomic E-state index is 12.7. The van der Waals surface area contributed by atoms with Crippen molar-refractivity contribution in [1.82, 2.24) is 4.90 Å². The van der Waals surface area contributed by atoms with Crippen LogP contribution in [0.1, 0.15) is 37.0 Å². The molecule has 0 heterocycles. The number of hydrogen-bond acceptors (Lipinski definition) is 4. The third kappa shape index (κ3) is 6.68. The van der Waals surface area contributed by atoms with Gasteiger partial charge in [0.1, 0.15) is 5.75 Å². The van der Waals surface area contributed by atoms with Crippen molar-refractivity contribution in [3.05, 3.63) is 53.1 Å². The average Bonchev–Trinajstić information content (AvgIpc) is 2.72. The van der Waals surface area contributed by atoms with Gasteiger partial charge in [0.25, 0.3) is 5.91 Å². The molecule has 0 atom stereocenters. The molecule has 2 amide bonds. The Kier molecular flexibility index (Phi) is 8.80. The fraction of sp³-hybridized carbons (Fsp3) is 0.364. The zero-order valence-electron chi connectivity index (χ0n) is 17.1. The first-order chi connectivity index (χ1) is 14.0. The first-order valence-corrected chi connectivity index (χ1v) is 10.1. The molecule has 0 fully saturated rings. The van der Waals surface area contributed by atoms with E-state index >= 15 is 0 Å². The summed E-state index contributed by atoms with van der Waals surface area (Å²) in [6.45, 7) is 5.61. The van der Waals surface area contributed by atoms with Crippen molar-refractivity contribution in [2.45, 2.75) is 26.7 Å². The number of amides is 2. The van der Waals surface area contributed by atoms with Crippen LogP contribution < -0.4 is 15.4 Å². The van der Waals surface area contributed by atoms with E-state index in [2.05, 4.69) is 24.5 Å². The summed E-state index contributed by atoms with van der Waals surface area (Å²) in [6.07, 6.45) is 1.81. The number of carbonyl (C=O) groups excluding carboxylic acids is 2. The van der Waals surface area contributed by atoms with Crippen LogP contribution in [0.15, 0.2) is 42.5 Å². The van der Waals surface area contributed by atoms with Crippen molar-refractivity contribution in [3.63, 3.8) is 0 Å². The second kappa shape index (κ2) is 11.3. The molecule has 6 nitrogen and oxygen atoms in total. The van der Waals surface area contributed by atoms with Gasteiger partial charge in [0, 0.05) is 30.0 Å².